The summed E-state index contributed by atoms with van der Waals surface area (Å²) in [6.45, 7) is 2.05. The normalized spacial score (nSPS) is 10.1. The number of rotatable bonds is 4. The maximum Gasteiger partial charge on any atom is 0.388 e. The summed E-state index contributed by atoms with van der Waals surface area (Å²) < 4.78 is 1.58. The Morgan fingerprint density at radius 3 is 3.00 bits per heavy atom. The van der Waals surface area contributed by atoms with E-state index >= 15 is 0 Å². The van der Waals surface area contributed by atoms with Crippen LogP contribution in [-0.4, -0.2) is 33.3 Å². The highest BCUT2D eigenvalue weighted by Gasteiger charge is 2.21. The van der Waals surface area contributed by atoms with Gasteiger partial charge in [-0.1, -0.05) is 0 Å². The molecule has 72 valence electrons. The molecule has 6 nitrogen and oxygen atoms in total. The highest BCUT2D eigenvalue weighted by Crippen LogP contribution is 2.13. The van der Waals surface area contributed by atoms with Gasteiger partial charge in [0.2, 0.25) is 0 Å². The Balaban J connectivity index is 2.99. The van der Waals surface area contributed by atoms with E-state index in [1.165, 1.54) is 13.3 Å². The molecule has 0 aliphatic rings. The summed E-state index contributed by atoms with van der Waals surface area (Å²) in [4.78, 5) is 19.8. The Bertz CT molecular complexity index is 308. The highest BCUT2D eigenvalue weighted by atomic mass is 16.8. The largest absolute Gasteiger partial charge is 0.392 e. The highest BCUT2D eigenvalue weighted by molar-refractivity contribution is 5.17. The van der Waals surface area contributed by atoms with Crippen LogP contribution in [0.15, 0.2) is 6.20 Å². The van der Waals surface area contributed by atoms with Crippen LogP contribution in [0.5, 0.6) is 0 Å². The third-order valence-corrected chi connectivity index (χ3v) is 1.71. The molecule has 0 radical (unpaired) electrons. The molecule has 1 N–H and O–H groups in total. The summed E-state index contributed by atoms with van der Waals surface area (Å²) in [5, 5.41) is 8.73. The second-order valence-corrected chi connectivity index (χ2v) is 2.48. The molecular weight excluding hydrogens is 174 g/mol. The Morgan fingerprint density at radius 1 is 1.77 bits per heavy atom. The zero-order valence-corrected chi connectivity index (χ0v) is 7.60. The van der Waals surface area contributed by atoms with Gasteiger partial charge < -0.3 is 9.94 Å². The molecule has 0 aliphatic carbocycles. The lowest BCUT2D eigenvalue weighted by Crippen LogP contribution is -2.10. The van der Waals surface area contributed by atoms with Crippen LogP contribution in [-0.2, 0) is 11.4 Å². The van der Waals surface area contributed by atoms with Crippen molar-refractivity contribution < 1.29 is 14.9 Å². The fourth-order valence-corrected chi connectivity index (χ4v) is 1.07. The average molecular weight is 186 g/mol. The van der Waals surface area contributed by atoms with Crippen molar-refractivity contribution in [3.05, 3.63) is 16.9 Å². The first-order valence-electron chi connectivity index (χ1n) is 3.85. The predicted molar refractivity (Wildman–Crippen MR) is 44.3 cm³/mol. The van der Waals surface area contributed by atoms with E-state index in [9.17, 15) is 4.91 Å². The first-order chi connectivity index (χ1) is 6.20. The number of nitrogens with zero attached hydrogens (tertiary/aromatic N) is 3. The van der Waals surface area contributed by atoms with Crippen molar-refractivity contribution in [1.82, 2.24) is 9.55 Å². The van der Waals surface area contributed by atoms with Crippen LogP contribution in [0.25, 0.3) is 0 Å². The summed E-state index contributed by atoms with van der Waals surface area (Å²) >= 11 is 0. The second-order valence-electron chi connectivity index (χ2n) is 2.48. The zero-order valence-electron chi connectivity index (χ0n) is 7.60. The number of aliphatic hydroxyl groups excluding tert-OH is 1. The lowest BCUT2D eigenvalue weighted by atomic mass is 10.6. The molecule has 0 fully saturated rings. The quantitative estimate of drug-likeness (QED) is 0.680. The minimum Gasteiger partial charge on any atom is -0.392 e. The lowest BCUT2D eigenvalue weighted by Gasteiger charge is -1.97. The third kappa shape index (κ3) is 1.83. The van der Waals surface area contributed by atoms with Gasteiger partial charge in [0.05, 0.1) is 6.61 Å². The number of aromatic nitrogens is 2. The van der Waals surface area contributed by atoms with E-state index in [-0.39, 0.29) is 12.4 Å². The van der Waals surface area contributed by atoms with Crippen molar-refractivity contribution >= 4 is 5.82 Å². The first kappa shape index (κ1) is 9.66. The van der Waals surface area contributed by atoms with Crippen molar-refractivity contribution in [2.24, 2.45) is 0 Å². The van der Waals surface area contributed by atoms with Crippen molar-refractivity contribution in [3.63, 3.8) is 0 Å². The van der Waals surface area contributed by atoms with E-state index in [0.717, 1.165) is 0 Å². The third-order valence-electron chi connectivity index (χ3n) is 1.71. The van der Waals surface area contributed by atoms with Gasteiger partial charge in [0.15, 0.2) is 10.7 Å². The molecule has 6 heteroatoms. The van der Waals surface area contributed by atoms with E-state index in [4.69, 9.17) is 5.11 Å². The van der Waals surface area contributed by atoms with Crippen LogP contribution in [0.1, 0.15) is 5.82 Å². The molecule has 0 spiro atoms. The van der Waals surface area contributed by atoms with Crippen molar-refractivity contribution in [2.45, 2.75) is 13.5 Å². The Hall–Kier alpha value is -1.43. The molecule has 0 bridgehead atoms. The van der Waals surface area contributed by atoms with Gasteiger partial charge in [0.25, 0.3) is 0 Å². The van der Waals surface area contributed by atoms with Crippen LogP contribution in [0, 0.1) is 11.8 Å². The van der Waals surface area contributed by atoms with Gasteiger partial charge in [0.1, 0.15) is 19.9 Å². The van der Waals surface area contributed by atoms with E-state index in [0.29, 0.717) is 17.3 Å². The fourth-order valence-electron chi connectivity index (χ4n) is 1.07. The van der Waals surface area contributed by atoms with Gasteiger partial charge in [-0.2, -0.15) is 0 Å². The molecule has 0 aliphatic heterocycles. The van der Waals surface area contributed by atoms with E-state index in [2.05, 4.69) is 9.82 Å². The molecule has 0 atom stereocenters. The minimum absolute atomic E-state index is 0.0399. The standard InChI is InChI=1S/C7H12N3O3/c1-6-8-5-7(10(12)13-2)9(6)3-4-11/h5,11H,3-4H2,1-2H3/q+1. The number of hydrogen-bond donors (Lipinski definition) is 1. The Morgan fingerprint density at radius 2 is 2.46 bits per heavy atom. The summed E-state index contributed by atoms with van der Waals surface area (Å²) in [7, 11) is 1.28. The van der Waals surface area contributed by atoms with Gasteiger partial charge in [-0.05, 0) is 4.91 Å². The first-order valence-corrected chi connectivity index (χ1v) is 3.85. The maximum atomic E-state index is 11.1. The molecule has 0 aromatic carbocycles. The maximum absolute atomic E-state index is 11.1. The summed E-state index contributed by atoms with van der Waals surface area (Å²) in [6.07, 6.45) is 1.40. The molecule has 1 rings (SSSR count). The monoisotopic (exact) mass is 186 g/mol. The molecule has 0 amide bonds. The molecule has 13 heavy (non-hydrogen) atoms. The molecular formula is C7H12N3O3+. The van der Waals surface area contributed by atoms with E-state index in [1.54, 1.807) is 11.5 Å². The average Bonchev–Trinajstić information content (AvgIpc) is 2.48. The van der Waals surface area contributed by atoms with Crippen molar-refractivity contribution in [3.8, 4) is 0 Å². The topological polar surface area (TPSA) is 67.4 Å². The van der Waals surface area contributed by atoms with Crippen LogP contribution >= 0.6 is 0 Å². The number of hydrogen-bond acceptors (Lipinski definition) is 4. The second kappa shape index (κ2) is 3.99. The molecule has 1 aromatic rings. The number of aryl methyl sites for hydroxylation is 1. The van der Waals surface area contributed by atoms with Gasteiger partial charge >= 0.3 is 5.82 Å². The van der Waals surface area contributed by atoms with Crippen LogP contribution in [0.3, 0.4) is 0 Å². The van der Waals surface area contributed by atoms with E-state index < -0.39 is 0 Å². The fraction of sp³-hybridized carbons (Fsp3) is 0.571. The van der Waals surface area contributed by atoms with E-state index in [1.807, 2.05) is 0 Å². The summed E-state index contributed by atoms with van der Waals surface area (Å²) in [6, 6.07) is 0. The Kier molecular flexibility index (Phi) is 2.97. The summed E-state index contributed by atoms with van der Waals surface area (Å²) in [5.74, 6) is 0.955. The van der Waals surface area contributed by atoms with Gasteiger partial charge in [-0.3, -0.25) is 0 Å². The minimum atomic E-state index is -0.0399. The van der Waals surface area contributed by atoms with Gasteiger partial charge in [-0.25, -0.2) is 9.55 Å². The van der Waals surface area contributed by atoms with Crippen LogP contribution < -0.4 is 0 Å². The van der Waals surface area contributed by atoms with Gasteiger partial charge in [-0.15, -0.1) is 0 Å². The molecule has 0 unspecified atom stereocenters. The smallest absolute Gasteiger partial charge is 0.388 e. The number of imidazole rings is 1. The molecule has 1 aromatic heterocycles. The van der Waals surface area contributed by atoms with Crippen molar-refractivity contribution in [2.75, 3.05) is 13.7 Å². The summed E-state index contributed by atoms with van der Waals surface area (Å²) in [5.41, 5.74) is 0. The molecule has 1 heterocycles. The Labute approximate surface area is 75.3 Å². The van der Waals surface area contributed by atoms with Crippen LogP contribution in [0.2, 0.25) is 0 Å². The lowest BCUT2D eigenvalue weighted by molar-refractivity contribution is -0.740. The molecule has 0 saturated heterocycles. The van der Waals surface area contributed by atoms with Crippen molar-refractivity contribution in [1.29, 1.82) is 0 Å². The van der Waals surface area contributed by atoms with Crippen LogP contribution in [0.4, 0.5) is 5.82 Å². The predicted octanol–water partition coefficient (Wildman–Crippen LogP) is 0.156. The molecule has 0 saturated carbocycles. The SMILES string of the molecule is CO[N+](=O)c1cnc(C)n1CCO. The van der Waals surface area contributed by atoms with Gasteiger partial charge in [0, 0.05) is 6.92 Å². The zero-order chi connectivity index (χ0) is 9.84. The number of aliphatic hydroxyl groups is 1.